The molecule has 4 aromatic heterocycles. The van der Waals surface area contributed by atoms with E-state index in [0.717, 1.165) is 78.0 Å². The van der Waals surface area contributed by atoms with E-state index in [4.69, 9.17) is 14.4 Å². The molecule has 0 aliphatic rings. The zero-order valence-electron chi connectivity index (χ0n) is 37.3. The van der Waals surface area contributed by atoms with Crippen molar-refractivity contribution in [1.29, 1.82) is 0 Å². The Labute approximate surface area is 397 Å². The maximum absolute atomic E-state index is 6.76. The van der Waals surface area contributed by atoms with Gasteiger partial charge in [-0.1, -0.05) is 152 Å². The smallest absolute Gasteiger partial charge is 0.160 e. The molecule has 0 amide bonds. The molecule has 0 bridgehead atoms. The molecule has 0 saturated carbocycles. The summed E-state index contributed by atoms with van der Waals surface area (Å²) in [4.78, 5) is 10.2. The summed E-state index contributed by atoms with van der Waals surface area (Å²) in [5.41, 5.74) is 17.8. The summed E-state index contributed by atoms with van der Waals surface area (Å²) in [5.74, 6) is 0.673. The summed E-state index contributed by atoms with van der Waals surface area (Å²) in [6.45, 7) is 0. The van der Waals surface area contributed by atoms with Gasteiger partial charge in [-0.15, -0.1) is 0 Å². The van der Waals surface area contributed by atoms with Crippen molar-refractivity contribution in [3.8, 4) is 67.5 Å². The third-order valence-corrected chi connectivity index (χ3v) is 13.7. The van der Waals surface area contributed by atoms with E-state index in [0.29, 0.717) is 5.82 Å². The maximum Gasteiger partial charge on any atom is 0.160 e. The Morgan fingerprint density at radius 1 is 0.290 bits per heavy atom. The van der Waals surface area contributed by atoms with Crippen LogP contribution < -0.4 is 0 Å². The average molecular weight is 881 g/mol. The number of hydrogen-bond acceptors (Lipinski definition) is 3. The topological polar surface area (TPSA) is 48.8 Å². The first-order chi connectivity index (χ1) is 34.2. The van der Waals surface area contributed by atoms with Gasteiger partial charge in [-0.05, 0) is 113 Å². The number of benzene rings is 10. The molecule has 69 heavy (non-hydrogen) atoms. The molecule has 14 aromatic rings. The predicted molar refractivity (Wildman–Crippen MR) is 285 cm³/mol. The van der Waals surface area contributed by atoms with E-state index < -0.39 is 0 Å². The van der Waals surface area contributed by atoms with Crippen LogP contribution in [0.2, 0.25) is 0 Å². The van der Waals surface area contributed by atoms with Crippen LogP contribution in [0.1, 0.15) is 0 Å². The van der Waals surface area contributed by atoms with Crippen molar-refractivity contribution in [3.63, 3.8) is 0 Å². The monoisotopic (exact) mass is 880 g/mol. The van der Waals surface area contributed by atoms with Crippen LogP contribution in [-0.2, 0) is 0 Å². The number of fused-ring (bicyclic) bond motifs is 9. The lowest BCUT2D eigenvalue weighted by atomic mass is 9.98. The number of furan rings is 1. The van der Waals surface area contributed by atoms with Gasteiger partial charge in [0.2, 0.25) is 0 Å². The van der Waals surface area contributed by atoms with E-state index in [-0.39, 0.29) is 0 Å². The molecule has 10 aromatic carbocycles. The molecule has 0 radical (unpaired) electrons. The molecular formula is C64H40N4O. The molecule has 322 valence electrons. The van der Waals surface area contributed by atoms with E-state index in [1.165, 1.54) is 49.2 Å². The first-order valence-corrected chi connectivity index (χ1v) is 23.4. The fourth-order valence-corrected chi connectivity index (χ4v) is 10.5. The molecule has 4 heterocycles. The highest BCUT2D eigenvalue weighted by Gasteiger charge is 2.20. The van der Waals surface area contributed by atoms with Crippen molar-refractivity contribution >= 4 is 65.6 Å². The molecule has 0 fully saturated rings. The SMILES string of the molecule is c1ccc(-c2cc(-c3cccc4c3oc3ccc(-c5ccc6c(c5)c5cc(-c7ccc8c(c7)c7ccccc7n8-c7ccccc7)ccc5n6-c5ccccc5)cc34)nc(-c3ccccc3)n2)cc1. The first-order valence-electron chi connectivity index (χ1n) is 23.4. The van der Waals surface area contributed by atoms with Crippen LogP contribution in [0, 0.1) is 0 Å². The zero-order valence-corrected chi connectivity index (χ0v) is 37.3. The summed E-state index contributed by atoms with van der Waals surface area (Å²) >= 11 is 0. The van der Waals surface area contributed by atoms with Crippen LogP contribution in [0.15, 0.2) is 247 Å². The normalized spacial score (nSPS) is 11.8. The number of rotatable bonds is 7. The molecular weight excluding hydrogens is 841 g/mol. The molecule has 0 N–H and O–H groups in total. The molecule has 14 rings (SSSR count). The van der Waals surface area contributed by atoms with Crippen LogP contribution >= 0.6 is 0 Å². The molecule has 0 aliphatic heterocycles. The Hall–Kier alpha value is -9.32. The van der Waals surface area contributed by atoms with E-state index in [1.807, 2.05) is 36.4 Å². The predicted octanol–water partition coefficient (Wildman–Crippen LogP) is 16.9. The van der Waals surface area contributed by atoms with Crippen molar-refractivity contribution in [1.82, 2.24) is 19.1 Å². The Morgan fingerprint density at radius 3 is 1.33 bits per heavy atom. The summed E-state index contributed by atoms with van der Waals surface area (Å²) in [6, 6.07) is 86.3. The lowest BCUT2D eigenvalue weighted by Gasteiger charge is -2.09. The van der Waals surface area contributed by atoms with Gasteiger partial charge < -0.3 is 13.6 Å². The first kappa shape index (κ1) is 38.9. The Bertz CT molecular complexity index is 4230. The highest BCUT2D eigenvalue weighted by Crippen LogP contribution is 2.42. The maximum atomic E-state index is 6.76. The molecule has 0 saturated heterocycles. The molecule has 0 unspecified atom stereocenters. The van der Waals surface area contributed by atoms with E-state index in [1.54, 1.807) is 0 Å². The number of hydrogen-bond donors (Lipinski definition) is 0. The van der Waals surface area contributed by atoms with Gasteiger partial charge in [-0.2, -0.15) is 0 Å². The lowest BCUT2D eigenvalue weighted by molar-refractivity contribution is 0.670. The second kappa shape index (κ2) is 15.7. The van der Waals surface area contributed by atoms with E-state index in [2.05, 4.69) is 215 Å². The Balaban J connectivity index is 0.907. The van der Waals surface area contributed by atoms with Crippen LogP contribution in [0.4, 0.5) is 0 Å². The summed E-state index contributed by atoms with van der Waals surface area (Å²) < 4.78 is 11.5. The lowest BCUT2D eigenvalue weighted by Crippen LogP contribution is -1.96. The fraction of sp³-hybridized carbons (Fsp3) is 0. The largest absolute Gasteiger partial charge is 0.455 e. The fourth-order valence-electron chi connectivity index (χ4n) is 10.5. The average Bonchev–Trinajstić information content (AvgIpc) is 4.08. The van der Waals surface area contributed by atoms with Gasteiger partial charge in [0.25, 0.3) is 0 Å². The van der Waals surface area contributed by atoms with Crippen molar-refractivity contribution in [2.24, 2.45) is 0 Å². The number of aromatic nitrogens is 4. The number of para-hydroxylation sites is 4. The van der Waals surface area contributed by atoms with Gasteiger partial charge in [-0.3, -0.25) is 0 Å². The van der Waals surface area contributed by atoms with Gasteiger partial charge in [0.15, 0.2) is 5.82 Å². The summed E-state index contributed by atoms with van der Waals surface area (Å²) in [7, 11) is 0. The van der Waals surface area contributed by atoms with Crippen LogP contribution in [0.5, 0.6) is 0 Å². The minimum absolute atomic E-state index is 0.673. The van der Waals surface area contributed by atoms with Crippen molar-refractivity contribution in [2.45, 2.75) is 0 Å². The molecule has 5 heteroatoms. The summed E-state index contributed by atoms with van der Waals surface area (Å²) in [5, 5.41) is 6.98. The molecule has 0 atom stereocenters. The van der Waals surface area contributed by atoms with E-state index >= 15 is 0 Å². The Morgan fingerprint density at radius 2 is 0.739 bits per heavy atom. The van der Waals surface area contributed by atoms with Gasteiger partial charge in [0.05, 0.1) is 33.5 Å². The van der Waals surface area contributed by atoms with Crippen LogP contribution in [0.3, 0.4) is 0 Å². The van der Waals surface area contributed by atoms with Gasteiger partial charge in [-0.25, -0.2) is 9.97 Å². The third kappa shape index (κ3) is 6.40. The summed E-state index contributed by atoms with van der Waals surface area (Å²) in [6.07, 6.45) is 0. The number of nitrogens with zero attached hydrogens (tertiary/aromatic N) is 4. The van der Waals surface area contributed by atoms with Gasteiger partial charge in [0, 0.05) is 60.4 Å². The van der Waals surface area contributed by atoms with Crippen molar-refractivity contribution < 1.29 is 4.42 Å². The van der Waals surface area contributed by atoms with Gasteiger partial charge >= 0.3 is 0 Å². The minimum Gasteiger partial charge on any atom is -0.455 e. The highest BCUT2D eigenvalue weighted by molar-refractivity contribution is 6.14. The zero-order chi connectivity index (χ0) is 45.4. The van der Waals surface area contributed by atoms with Crippen LogP contribution in [-0.4, -0.2) is 19.1 Å². The standard InChI is InChI=1S/C64H40N4O/c1-5-16-41(17-6-1)56-40-57(66-64(65-56)42-18-7-2-8-19-42)51-26-15-25-50-55-39-46(31-35-62(55)69-63(50)51)45-30-34-61-54(38-45)53-37-44(29-33-60(53)68(61)48-22-11-4-12-23-48)43-28-32-59-52(36-43)49-24-13-14-27-58(49)67(59)47-20-9-3-10-21-47/h1-40H. The Kier molecular flexibility index (Phi) is 8.83. The molecule has 0 aliphatic carbocycles. The third-order valence-electron chi connectivity index (χ3n) is 13.7. The minimum atomic E-state index is 0.673. The second-order valence-electron chi connectivity index (χ2n) is 17.7. The van der Waals surface area contributed by atoms with Crippen LogP contribution in [0.25, 0.3) is 133 Å². The van der Waals surface area contributed by atoms with Crippen molar-refractivity contribution in [2.75, 3.05) is 0 Å². The van der Waals surface area contributed by atoms with Gasteiger partial charge in [0.1, 0.15) is 11.2 Å². The van der Waals surface area contributed by atoms with Crippen molar-refractivity contribution in [3.05, 3.63) is 243 Å². The molecule has 0 spiro atoms. The molecule has 5 nitrogen and oxygen atoms in total. The quantitative estimate of drug-likeness (QED) is 0.160. The van der Waals surface area contributed by atoms with E-state index in [9.17, 15) is 0 Å². The second-order valence-corrected chi connectivity index (χ2v) is 17.7. The highest BCUT2D eigenvalue weighted by atomic mass is 16.3.